The van der Waals surface area contributed by atoms with E-state index < -0.39 is 6.04 Å². The maximum Gasteiger partial charge on any atom is 0.256 e. The van der Waals surface area contributed by atoms with Gasteiger partial charge in [-0.2, -0.15) is 4.98 Å². The Morgan fingerprint density at radius 3 is 2.43 bits per heavy atom. The van der Waals surface area contributed by atoms with Gasteiger partial charge < -0.3 is 24.8 Å². The lowest BCUT2D eigenvalue weighted by Gasteiger charge is -2.28. The van der Waals surface area contributed by atoms with Gasteiger partial charge in [-0.3, -0.25) is 9.78 Å². The summed E-state index contributed by atoms with van der Waals surface area (Å²) in [4.78, 5) is 22.9. The molecule has 10 heteroatoms. The molecular formula is C27H26N6O4. The number of hydrogen-bond acceptors (Lipinski definition) is 8. The fourth-order valence-corrected chi connectivity index (χ4v) is 4.29. The summed E-state index contributed by atoms with van der Waals surface area (Å²) in [5, 5.41) is 11.0. The van der Waals surface area contributed by atoms with E-state index in [1.807, 2.05) is 49.4 Å². The Morgan fingerprint density at radius 1 is 0.946 bits per heavy atom. The molecule has 0 spiro atoms. The number of pyridine rings is 1. The van der Waals surface area contributed by atoms with Crippen molar-refractivity contribution in [2.75, 3.05) is 32.0 Å². The Balaban J connectivity index is 1.58. The van der Waals surface area contributed by atoms with E-state index >= 15 is 0 Å². The molecule has 5 rings (SSSR count). The number of nitrogens with zero attached hydrogens (tertiary/aromatic N) is 4. The Labute approximate surface area is 213 Å². The maximum atomic E-state index is 13.7. The van der Waals surface area contributed by atoms with Gasteiger partial charge in [-0.15, -0.1) is 5.10 Å². The first-order valence-corrected chi connectivity index (χ1v) is 11.6. The molecule has 2 aromatic carbocycles. The van der Waals surface area contributed by atoms with Crippen molar-refractivity contribution in [1.29, 1.82) is 0 Å². The van der Waals surface area contributed by atoms with Crippen molar-refractivity contribution in [2.24, 2.45) is 0 Å². The molecule has 37 heavy (non-hydrogen) atoms. The molecule has 0 fully saturated rings. The number of hydrogen-bond donors (Lipinski definition) is 2. The van der Waals surface area contributed by atoms with E-state index in [4.69, 9.17) is 24.3 Å². The molecule has 0 bridgehead atoms. The topological polar surface area (TPSA) is 112 Å². The number of carbonyl (C=O) groups excluding carboxylic acids is 1. The van der Waals surface area contributed by atoms with Gasteiger partial charge in [0.15, 0.2) is 17.3 Å². The molecule has 4 aromatic rings. The minimum Gasteiger partial charge on any atom is -0.495 e. The predicted molar refractivity (Wildman–Crippen MR) is 139 cm³/mol. The number of benzene rings is 2. The van der Waals surface area contributed by atoms with E-state index in [0.29, 0.717) is 51.7 Å². The summed E-state index contributed by atoms with van der Waals surface area (Å²) in [5.41, 5.74) is 3.05. The molecular weight excluding hydrogens is 472 g/mol. The molecule has 0 saturated carbocycles. The van der Waals surface area contributed by atoms with E-state index in [1.165, 1.54) is 0 Å². The lowest BCUT2D eigenvalue weighted by molar-refractivity contribution is -0.113. The first-order valence-electron chi connectivity index (χ1n) is 11.6. The standard InChI is InChI=1S/C27H26N6O4/c1-16-23(26(34)30-18-9-5-6-11-20(18)35-2)24(19-10-7-8-14-28-19)33-27(29-16)31-25(32-33)17-12-13-21(36-3)22(15-17)37-4/h5-15,24H,1-4H3,(H,30,34)(H,29,31,32)/t24-/m1/s1. The fourth-order valence-electron chi connectivity index (χ4n) is 4.29. The largest absolute Gasteiger partial charge is 0.495 e. The monoisotopic (exact) mass is 498 g/mol. The second-order valence-electron chi connectivity index (χ2n) is 8.25. The number of methoxy groups -OCH3 is 3. The van der Waals surface area contributed by atoms with Gasteiger partial charge in [-0.1, -0.05) is 18.2 Å². The van der Waals surface area contributed by atoms with Gasteiger partial charge in [-0.05, 0) is 49.4 Å². The molecule has 188 valence electrons. The van der Waals surface area contributed by atoms with Crippen molar-refractivity contribution in [2.45, 2.75) is 13.0 Å². The minimum atomic E-state index is -0.617. The third-order valence-corrected chi connectivity index (χ3v) is 6.06. The van der Waals surface area contributed by atoms with Gasteiger partial charge in [0.25, 0.3) is 5.91 Å². The molecule has 10 nitrogen and oxygen atoms in total. The molecule has 1 aliphatic heterocycles. The van der Waals surface area contributed by atoms with E-state index in [2.05, 4.69) is 15.6 Å². The molecule has 0 saturated heterocycles. The average molecular weight is 499 g/mol. The zero-order valence-corrected chi connectivity index (χ0v) is 20.9. The second kappa shape index (κ2) is 10.0. The van der Waals surface area contributed by atoms with Gasteiger partial charge in [0, 0.05) is 17.5 Å². The molecule has 1 atom stereocenters. The van der Waals surface area contributed by atoms with Crippen LogP contribution in [0.1, 0.15) is 18.7 Å². The number of nitrogens with one attached hydrogen (secondary N) is 2. The highest BCUT2D eigenvalue weighted by Crippen LogP contribution is 2.38. The van der Waals surface area contributed by atoms with Crippen molar-refractivity contribution in [3.63, 3.8) is 0 Å². The smallest absolute Gasteiger partial charge is 0.256 e. The van der Waals surface area contributed by atoms with Gasteiger partial charge >= 0.3 is 0 Å². The van der Waals surface area contributed by atoms with E-state index in [0.717, 1.165) is 5.56 Å². The molecule has 0 unspecified atom stereocenters. The molecule has 2 N–H and O–H groups in total. The first kappa shape index (κ1) is 23.9. The zero-order valence-electron chi connectivity index (χ0n) is 20.9. The summed E-state index contributed by atoms with van der Waals surface area (Å²) >= 11 is 0. The summed E-state index contributed by atoms with van der Waals surface area (Å²) in [7, 11) is 4.72. The van der Waals surface area contributed by atoms with Crippen LogP contribution in [-0.2, 0) is 4.79 Å². The van der Waals surface area contributed by atoms with Crippen molar-refractivity contribution in [3.8, 4) is 28.6 Å². The summed E-state index contributed by atoms with van der Waals surface area (Å²) in [6, 6.07) is 17.7. The summed E-state index contributed by atoms with van der Waals surface area (Å²) in [6.45, 7) is 1.83. The number of fused-ring (bicyclic) bond motifs is 1. The number of rotatable bonds is 7. The second-order valence-corrected chi connectivity index (χ2v) is 8.25. The Morgan fingerprint density at radius 2 is 1.70 bits per heavy atom. The van der Waals surface area contributed by atoms with Crippen LogP contribution in [0.25, 0.3) is 11.4 Å². The highest BCUT2D eigenvalue weighted by atomic mass is 16.5. The average Bonchev–Trinajstić information content (AvgIpc) is 3.36. The maximum absolute atomic E-state index is 13.7. The van der Waals surface area contributed by atoms with Gasteiger partial charge in [-0.25, -0.2) is 4.68 Å². The third-order valence-electron chi connectivity index (χ3n) is 6.06. The van der Waals surface area contributed by atoms with Gasteiger partial charge in [0.2, 0.25) is 5.95 Å². The van der Waals surface area contributed by atoms with E-state index in [9.17, 15) is 4.79 Å². The molecule has 0 aliphatic carbocycles. The Hall–Kier alpha value is -4.86. The van der Waals surface area contributed by atoms with Crippen molar-refractivity contribution < 1.29 is 19.0 Å². The quantitative estimate of drug-likeness (QED) is 0.388. The third kappa shape index (κ3) is 4.44. The van der Waals surface area contributed by atoms with E-state index in [1.54, 1.807) is 50.4 Å². The number of para-hydroxylation sites is 2. The van der Waals surface area contributed by atoms with Crippen LogP contribution in [0.3, 0.4) is 0 Å². The van der Waals surface area contributed by atoms with Crippen LogP contribution >= 0.6 is 0 Å². The molecule has 1 aliphatic rings. The molecule has 3 heterocycles. The number of amides is 1. The van der Waals surface area contributed by atoms with Crippen LogP contribution in [-0.4, -0.2) is 47.0 Å². The number of ether oxygens (including phenoxy) is 3. The molecule has 0 radical (unpaired) electrons. The molecule has 2 aromatic heterocycles. The number of anilines is 2. The normalized spacial score (nSPS) is 14.4. The highest BCUT2D eigenvalue weighted by molar-refractivity contribution is 6.06. The van der Waals surface area contributed by atoms with Crippen LogP contribution in [0.2, 0.25) is 0 Å². The first-order chi connectivity index (χ1) is 18.0. The zero-order chi connectivity index (χ0) is 25.9. The van der Waals surface area contributed by atoms with Gasteiger partial charge in [0.05, 0.1) is 38.3 Å². The van der Waals surface area contributed by atoms with Crippen molar-refractivity contribution in [1.82, 2.24) is 19.7 Å². The molecule has 1 amide bonds. The minimum absolute atomic E-state index is 0.307. The number of aromatic nitrogens is 4. The summed E-state index contributed by atoms with van der Waals surface area (Å²) in [6.07, 6.45) is 1.69. The van der Waals surface area contributed by atoms with Crippen molar-refractivity contribution in [3.05, 3.63) is 83.8 Å². The van der Waals surface area contributed by atoms with Crippen LogP contribution in [0.15, 0.2) is 78.1 Å². The predicted octanol–water partition coefficient (Wildman–Crippen LogP) is 4.29. The van der Waals surface area contributed by atoms with Crippen LogP contribution in [0, 0.1) is 0 Å². The summed E-state index contributed by atoms with van der Waals surface area (Å²) in [5.74, 6) is 2.37. The van der Waals surface area contributed by atoms with Gasteiger partial charge in [0.1, 0.15) is 11.8 Å². The Kier molecular flexibility index (Phi) is 6.46. The van der Waals surface area contributed by atoms with Crippen LogP contribution in [0.4, 0.5) is 11.6 Å². The number of allylic oxidation sites excluding steroid dienone is 1. The van der Waals surface area contributed by atoms with Crippen LogP contribution < -0.4 is 24.8 Å². The SMILES string of the molecule is COc1ccccc1NC(=O)C1=C(C)Nc2nc(-c3ccc(OC)c(OC)c3)nn2[C@@H]1c1ccccn1. The lowest BCUT2D eigenvalue weighted by atomic mass is 9.98. The van der Waals surface area contributed by atoms with Crippen LogP contribution in [0.5, 0.6) is 17.2 Å². The van der Waals surface area contributed by atoms with E-state index in [-0.39, 0.29) is 5.91 Å². The summed E-state index contributed by atoms with van der Waals surface area (Å²) < 4.78 is 17.9. The fraction of sp³-hybridized carbons (Fsp3) is 0.185. The number of carbonyl (C=O) groups is 1. The lowest BCUT2D eigenvalue weighted by Crippen LogP contribution is -2.32. The Bertz CT molecular complexity index is 1480. The van der Waals surface area contributed by atoms with Crippen molar-refractivity contribution >= 4 is 17.5 Å². The highest BCUT2D eigenvalue weighted by Gasteiger charge is 2.35.